The van der Waals surface area contributed by atoms with Gasteiger partial charge in [0.05, 0.1) is 5.69 Å². The number of rotatable bonds is 3. The molecule has 0 aliphatic rings. The highest BCUT2D eigenvalue weighted by atomic mass is 32.1. The molecular weight excluding hydrogens is 144 g/mol. The Balaban J connectivity index is 2.49. The topological polar surface area (TPSA) is 38.9 Å². The first kappa shape index (κ1) is 7.28. The number of nitrogens with two attached hydrogens (primary N) is 1. The van der Waals surface area contributed by atoms with E-state index in [9.17, 15) is 0 Å². The molecule has 1 aromatic heterocycles. The maximum absolute atomic E-state index is 5.43. The van der Waals surface area contributed by atoms with E-state index in [4.69, 9.17) is 5.73 Å². The molecule has 0 bridgehead atoms. The van der Waals surface area contributed by atoms with Gasteiger partial charge >= 0.3 is 0 Å². The van der Waals surface area contributed by atoms with Crippen LogP contribution in [0.15, 0.2) is 18.0 Å². The third kappa shape index (κ3) is 1.84. The molecule has 0 saturated carbocycles. The van der Waals surface area contributed by atoms with Crippen molar-refractivity contribution in [2.24, 2.45) is 0 Å². The number of allylic oxidation sites excluding steroid dienone is 1. The number of nitrogen functional groups attached to an aromatic ring is 1. The number of hydrogen-bond donors (Lipinski definition) is 1. The Morgan fingerprint density at radius 1 is 1.80 bits per heavy atom. The fraction of sp³-hybridized carbons (Fsp3) is 0.286. The summed E-state index contributed by atoms with van der Waals surface area (Å²) in [5.74, 6) is 0. The van der Waals surface area contributed by atoms with Crippen molar-refractivity contribution in [2.75, 3.05) is 5.73 Å². The number of anilines is 1. The minimum atomic E-state index is 0.652. The van der Waals surface area contributed by atoms with Gasteiger partial charge in [0.25, 0.3) is 0 Å². The van der Waals surface area contributed by atoms with Gasteiger partial charge in [0, 0.05) is 5.38 Å². The second-order valence-corrected chi connectivity index (χ2v) is 2.89. The average Bonchev–Trinajstić information content (AvgIpc) is 2.31. The minimum absolute atomic E-state index is 0.652. The maximum Gasteiger partial charge on any atom is 0.180 e. The summed E-state index contributed by atoms with van der Waals surface area (Å²) in [7, 11) is 0. The summed E-state index contributed by atoms with van der Waals surface area (Å²) in [6.07, 6.45) is 3.82. The Hall–Kier alpha value is -0.830. The molecule has 3 heteroatoms. The van der Waals surface area contributed by atoms with E-state index >= 15 is 0 Å². The summed E-state index contributed by atoms with van der Waals surface area (Å²) in [5.41, 5.74) is 6.50. The van der Waals surface area contributed by atoms with Crippen molar-refractivity contribution in [1.82, 2.24) is 4.98 Å². The maximum atomic E-state index is 5.43. The second-order valence-electron chi connectivity index (χ2n) is 2.00. The monoisotopic (exact) mass is 154 g/mol. The third-order valence-corrected chi connectivity index (χ3v) is 1.90. The van der Waals surface area contributed by atoms with Crippen molar-refractivity contribution in [1.29, 1.82) is 0 Å². The van der Waals surface area contributed by atoms with Crippen molar-refractivity contribution >= 4 is 16.5 Å². The molecule has 0 amide bonds. The Morgan fingerprint density at radius 3 is 3.10 bits per heavy atom. The SMILES string of the molecule is C=CCCc1csc(N)n1. The summed E-state index contributed by atoms with van der Waals surface area (Å²) >= 11 is 1.49. The van der Waals surface area contributed by atoms with Crippen LogP contribution in [-0.2, 0) is 6.42 Å². The third-order valence-electron chi connectivity index (χ3n) is 1.17. The van der Waals surface area contributed by atoms with Crippen molar-refractivity contribution in [3.63, 3.8) is 0 Å². The van der Waals surface area contributed by atoms with Crippen LogP contribution in [0.4, 0.5) is 5.13 Å². The number of aromatic nitrogens is 1. The van der Waals surface area contributed by atoms with E-state index < -0.39 is 0 Å². The van der Waals surface area contributed by atoms with Crippen LogP contribution in [0, 0.1) is 0 Å². The van der Waals surface area contributed by atoms with Crippen LogP contribution in [0.3, 0.4) is 0 Å². The van der Waals surface area contributed by atoms with Gasteiger partial charge in [-0.1, -0.05) is 6.08 Å². The van der Waals surface area contributed by atoms with Crippen LogP contribution in [0.1, 0.15) is 12.1 Å². The molecule has 0 unspecified atom stereocenters. The van der Waals surface area contributed by atoms with Crippen molar-refractivity contribution in [2.45, 2.75) is 12.8 Å². The van der Waals surface area contributed by atoms with E-state index in [0.29, 0.717) is 5.13 Å². The lowest BCUT2D eigenvalue weighted by atomic mass is 10.2. The van der Waals surface area contributed by atoms with Gasteiger partial charge in [0.15, 0.2) is 5.13 Å². The van der Waals surface area contributed by atoms with Crippen LogP contribution in [-0.4, -0.2) is 4.98 Å². The first-order valence-corrected chi connectivity index (χ1v) is 4.01. The fourth-order valence-electron chi connectivity index (χ4n) is 0.687. The summed E-state index contributed by atoms with van der Waals surface area (Å²) < 4.78 is 0. The lowest BCUT2D eigenvalue weighted by Crippen LogP contribution is -1.85. The van der Waals surface area contributed by atoms with Gasteiger partial charge in [0.2, 0.25) is 0 Å². The molecule has 0 atom stereocenters. The van der Waals surface area contributed by atoms with Gasteiger partial charge in [-0.05, 0) is 12.8 Å². The molecular formula is C7H10N2S. The van der Waals surface area contributed by atoms with Gasteiger partial charge in [0.1, 0.15) is 0 Å². The lowest BCUT2D eigenvalue weighted by molar-refractivity contribution is 0.963. The molecule has 0 aliphatic heterocycles. The van der Waals surface area contributed by atoms with Crippen molar-refractivity contribution in [3.8, 4) is 0 Å². The zero-order chi connectivity index (χ0) is 7.40. The van der Waals surface area contributed by atoms with Gasteiger partial charge in [-0.15, -0.1) is 17.9 Å². The standard InChI is InChI=1S/C7H10N2S/c1-2-3-4-6-5-10-7(8)9-6/h2,5H,1,3-4H2,(H2,8,9). The molecule has 2 N–H and O–H groups in total. The van der Waals surface area contributed by atoms with Crippen LogP contribution < -0.4 is 5.73 Å². The summed E-state index contributed by atoms with van der Waals surface area (Å²) in [6.45, 7) is 3.63. The first-order valence-electron chi connectivity index (χ1n) is 3.13. The Morgan fingerprint density at radius 2 is 2.60 bits per heavy atom. The van der Waals surface area contributed by atoms with Crippen molar-refractivity contribution < 1.29 is 0 Å². The molecule has 10 heavy (non-hydrogen) atoms. The summed E-state index contributed by atoms with van der Waals surface area (Å²) in [6, 6.07) is 0. The quantitative estimate of drug-likeness (QED) is 0.675. The summed E-state index contributed by atoms with van der Waals surface area (Å²) in [5, 5.41) is 2.64. The molecule has 0 spiro atoms. The molecule has 1 rings (SSSR count). The van der Waals surface area contributed by atoms with E-state index in [1.165, 1.54) is 11.3 Å². The largest absolute Gasteiger partial charge is 0.375 e. The molecule has 0 saturated heterocycles. The second kappa shape index (κ2) is 3.37. The van der Waals surface area contributed by atoms with Crippen LogP contribution in [0.5, 0.6) is 0 Å². The molecule has 0 aromatic carbocycles. The highest BCUT2D eigenvalue weighted by Gasteiger charge is 1.95. The van der Waals surface area contributed by atoms with Gasteiger partial charge in [-0.3, -0.25) is 0 Å². The fourth-order valence-corrected chi connectivity index (χ4v) is 1.28. The Labute approximate surface area is 64.4 Å². The Bertz CT molecular complexity index is 217. The average molecular weight is 154 g/mol. The van der Waals surface area contributed by atoms with Gasteiger partial charge in [-0.25, -0.2) is 4.98 Å². The molecule has 2 nitrogen and oxygen atoms in total. The van der Waals surface area contributed by atoms with Crippen LogP contribution >= 0.6 is 11.3 Å². The summed E-state index contributed by atoms with van der Waals surface area (Å²) in [4.78, 5) is 4.10. The zero-order valence-corrected chi connectivity index (χ0v) is 6.53. The first-order chi connectivity index (χ1) is 4.83. The lowest BCUT2D eigenvalue weighted by Gasteiger charge is -1.87. The molecule has 0 radical (unpaired) electrons. The highest BCUT2D eigenvalue weighted by molar-refractivity contribution is 7.13. The van der Waals surface area contributed by atoms with Crippen molar-refractivity contribution in [3.05, 3.63) is 23.7 Å². The smallest absolute Gasteiger partial charge is 0.180 e. The van der Waals surface area contributed by atoms with E-state index in [0.717, 1.165) is 18.5 Å². The normalized spacial score (nSPS) is 9.60. The van der Waals surface area contributed by atoms with E-state index in [2.05, 4.69) is 11.6 Å². The van der Waals surface area contributed by atoms with Crippen LogP contribution in [0.25, 0.3) is 0 Å². The number of nitrogens with zero attached hydrogens (tertiary/aromatic N) is 1. The molecule has 54 valence electrons. The number of hydrogen-bond acceptors (Lipinski definition) is 3. The minimum Gasteiger partial charge on any atom is -0.375 e. The van der Waals surface area contributed by atoms with Gasteiger partial charge < -0.3 is 5.73 Å². The van der Waals surface area contributed by atoms with Crippen LogP contribution in [0.2, 0.25) is 0 Å². The molecule has 1 heterocycles. The predicted molar refractivity (Wildman–Crippen MR) is 45.0 cm³/mol. The van der Waals surface area contributed by atoms with E-state index in [1.54, 1.807) is 0 Å². The number of aryl methyl sites for hydroxylation is 1. The zero-order valence-electron chi connectivity index (χ0n) is 5.71. The number of thiazole rings is 1. The van der Waals surface area contributed by atoms with E-state index in [-0.39, 0.29) is 0 Å². The predicted octanol–water partition coefficient (Wildman–Crippen LogP) is 1.84. The van der Waals surface area contributed by atoms with E-state index in [1.807, 2.05) is 11.5 Å². The molecule has 0 fully saturated rings. The molecule has 1 aromatic rings. The van der Waals surface area contributed by atoms with Gasteiger partial charge in [-0.2, -0.15) is 0 Å². The Kier molecular flexibility index (Phi) is 2.45. The molecule has 0 aliphatic carbocycles. The highest BCUT2D eigenvalue weighted by Crippen LogP contribution is 2.12.